The third-order valence-corrected chi connectivity index (χ3v) is 6.04. The molecule has 1 heterocycles. The van der Waals surface area contributed by atoms with Gasteiger partial charge in [0.05, 0.1) is 6.04 Å². The predicted molar refractivity (Wildman–Crippen MR) is 107 cm³/mol. The summed E-state index contributed by atoms with van der Waals surface area (Å²) in [4.78, 5) is 30.3. The SMILES string of the molecule is CCN(C(=O)Nc1ccc(F)c(F)c1)[C@H]1CCCc2[nH]c(=O)c3c(c21)CCCC3. The average molecular weight is 401 g/mol. The number of pyridine rings is 1. The van der Waals surface area contributed by atoms with E-state index in [2.05, 4.69) is 10.3 Å². The number of halogens is 2. The summed E-state index contributed by atoms with van der Waals surface area (Å²) in [6, 6.07) is 2.83. The van der Waals surface area contributed by atoms with Crippen LogP contribution in [0, 0.1) is 11.6 Å². The first-order valence-electron chi connectivity index (χ1n) is 10.3. The van der Waals surface area contributed by atoms with Gasteiger partial charge in [0.25, 0.3) is 5.56 Å². The minimum atomic E-state index is -1.000. The molecule has 29 heavy (non-hydrogen) atoms. The van der Waals surface area contributed by atoms with Gasteiger partial charge in [0, 0.05) is 29.6 Å². The van der Waals surface area contributed by atoms with Gasteiger partial charge in [-0.3, -0.25) is 4.79 Å². The van der Waals surface area contributed by atoms with Gasteiger partial charge in [0.15, 0.2) is 11.6 Å². The number of aromatic nitrogens is 1. The first-order chi connectivity index (χ1) is 14.0. The highest BCUT2D eigenvalue weighted by molar-refractivity contribution is 5.89. The smallest absolute Gasteiger partial charge is 0.322 e. The number of aromatic amines is 1. The molecule has 0 fully saturated rings. The number of carbonyl (C=O) groups excluding carboxylic acids is 1. The number of urea groups is 1. The largest absolute Gasteiger partial charge is 0.326 e. The van der Waals surface area contributed by atoms with Crippen LogP contribution in [0.4, 0.5) is 19.3 Å². The molecule has 5 nitrogen and oxygen atoms in total. The fraction of sp³-hybridized carbons (Fsp3) is 0.455. The van der Waals surface area contributed by atoms with Crippen molar-refractivity contribution in [2.45, 2.75) is 57.9 Å². The first kappa shape index (κ1) is 19.6. The molecule has 1 aromatic carbocycles. The van der Waals surface area contributed by atoms with E-state index < -0.39 is 11.6 Å². The lowest BCUT2D eigenvalue weighted by Gasteiger charge is -2.37. The Kier molecular flexibility index (Phi) is 5.39. The maximum Gasteiger partial charge on any atom is 0.322 e. The van der Waals surface area contributed by atoms with Gasteiger partial charge in [-0.2, -0.15) is 0 Å². The quantitative estimate of drug-likeness (QED) is 0.797. The van der Waals surface area contributed by atoms with Crippen LogP contribution in [0.1, 0.15) is 61.0 Å². The molecule has 0 saturated heterocycles. The second-order valence-electron chi connectivity index (χ2n) is 7.76. The van der Waals surface area contributed by atoms with Crippen LogP contribution in [0.15, 0.2) is 23.0 Å². The molecule has 0 radical (unpaired) electrons. The monoisotopic (exact) mass is 401 g/mol. The number of H-pyrrole nitrogens is 1. The molecule has 0 aliphatic heterocycles. The van der Waals surface area contributed by atoms with E-state index in [-0.39, 0.29) is 23.3 Å². The van der Waals surface area contributed by atoms with Crippen LogP contribution in [-0.2, 0) is 19.3 Å². The number of anilines is 1. The number of nitrogens with zero attached hydrogens (tertiary/aromatic N) is 1. The van der Waals surface area contributed by atoms with Crippen LogP contribution in [0.25, 0.3) is 0 Å². The predicted octanol–water partition coefficient (Wildman–Crippen LogP) is 4.46. The van der Waals surface area contributed by atoms with E-state index in [1.807, 2.05) is 6.92 Å². The van der Waals surface area contributed by atoms with Crippen LogP contribution in [0.2, 0.25) is 0 Å². The Morgan fingerprint density at radius 1 is 1.14 bits per heavy atom. The molecule has 2 aromatic rings. The van der Waals surface area contributed by atoms with Crippen molar-refractivity contribution in [3.8, 4) is 0 Å². The molecule has 0 spiro atoms. The fourth-order valence-corrected chi connectivity index (χ4v) is 4.72. The number of aryl methyl sites for hydroxylation is 1. The Morgan fingerprint density at radius 3 is 2.62 bits per heavy atom. The van der Waals surface area contributed by atoms with E-state index in [1.165, 1.54) is 6.07 Å². The number of amides is 2. The number of carbonyl (C=O) groups is 1. The fourth-order valence-electron chi connectivity index (χ4n) is 4.72. The van der Waals surface area contributed by atoms with Crippen molar-refractivity contribution in [3.05, 3.63) is 62.6 Å². The molecular weight excluding hydrogens is 376 g/mol. The zero-order valence-corrected chi connectivity index (χ0v) is 16.5. The molecule has 2 aliphatic carbocycles. The Bertz CT molecular complexity index is 1000. The van der Waals surface area contributed by atoms with Gasteiger partial charge in [0.1, 0.15) is 0 Å². The number of benzene rings is 1. The molecule has 7 heteroatoms. The summed E-state index contributed by atoms with van der Waals surface area (Å²) in [6.45, 7) is 2.37. The first-order valence-corrected chi connectivity index (χ1v) is 10.3. The van der Waals surface area contributed by atoms with E-state index in [0.717, 1.165) is 79.5 Å². The lowest BCUT2D eigenvalue weighted by atomic mass is 9.80. The molecule has 0 unspecified atom stereocenters. The molecule has 154 valence electrons. The summed E-state index contributed by atoms with van der Waals surface area (Å²) in [5, 5.41) is 2.69. The Hall–Kier alpha value is -2.70. The van der Waals surface area contributed by atoms with E-state index in [1.54, 1.807) is 4.90 Å². The Balaban J connectivity index is 1.68. The molecule has 2 amide bonds. The van der Waals surface area contributed by atoms with Crippen LogP contribution in [0.5, 0.6) is 0 Å². The van der Waals surface area contributed by atoms with E-state index in [0.29, 0.717) is 6.54 Å². The lowest BCUT2D eigenvalue weighted by Crippen LogP contribution is -2.41. The topological polar surface area (TPSA) is 65.2 Å². The van der Waals surface area contributed by atoms with Crippen LogP contribution < -0.4 is 10.9 Å². The van der Waals surface area contributed by atoms with Crippen LogP contribution in [0.3, 0.4) is 0 Å². The molecule has 2 N–H and O–H groups in total. The zero-order chi connectivity index (χ0) is 20.5. The molecule has 0 bridgehead atoms. The maximum atomic E-state index is 13.5. The van der Waals surface area contributed by atoms with E-state index in [9.17, 15) is 18.4 Å². The molecular formula is C22H25F2N3O2. The van der Waals surface area contributed by atoms with E-state index in [4.69, 9.17) is 0 Å². The second-order valence-corrected chi connectivity index (χ2v) is 7.76. The Morgan fingerprint density at radius 2 is 1.90 bits per heavy atom. The number of hydrogen-bond acceptors (Lipinski definition) is 2. The normalized spacial score (nSPS) is 18.0. The highest BCUT2D eigenvalue weighted by Gasteiger charge is 2.33. The van der Waals surface area contributed by atoms with Crippen molar-refractivity contribution < 1.29 is 13.6 Å². The summed E-state index contributed by atoms with van der Waals surface area (Å²) in [7, 11) is 0. The van der Waals surface area contributed by atoms with Gasteiger partial charge < -0.3 is 15.2 Å². The van der Waals surface area contributed by atoms with Crippen molar-refractivity contribution >= 4 is 11.7 Å². The molecule has 2 aliphatic rings. The highest BCUT2D eigenvalue weighted by Crippen LogP contribution is 2.38. The highest BCUT2D eigenvalue weighted by atomic mass is 19.2. The summed E-state index contributed by atoms with van der Waals surface area (Å²) in [5.41, 5.74) is 4.22. The molecule has 1 atom stereocenters. The van der Waals surface area contributed by atoms with Gasteiger partial charge in [-0.1, -0.05) is 0 Å². The van der Waals surface area contributed by atoms with Gasteiger partial charge >= 0.3 is 6.03 Å². The second kappa shape index (κ2) is 7.97. The zero-order valence-electron chi connectivity index (χ0n) is 16.5. The molecule has 0 saturated carbocycles. The number of nitrogens with one attached hydrogen (secondary N) is 2. The molecule has 4 rings (SSSR count). The van der Waals surface area contributed by atoms with Crippen molar-refractivity contribution in [2.75, 3.05) is 11.9 Å². The van der Waals surface area contributed by atoms with Gasteiger partial charge in [-0.05, 0) is 75.1 Å². The maximum absolute atomic E-state index is 13.5. The number of rotatable bonds is 3. The van der Waals surface area contributed by atoms with Gasteiger partial charge in [-0.25, -0.2) is 13.6 Å². The van der Waals surface area contributed by atoms with Gasteiger partial charge in [0.2, 0.25) is 0 Å². The van der Waals surface area contributed by atoms with Crippen LogP contribution >= 0.6 is 0 Å². The number of fused-ring (bicyclic) bond motifs is 3. The van der Waals surface area contributed by atoms with Crippen molar-refractivity contribution in [1.29, 1.82) is 0 Å². The third kappa shape index (κ3) is 3.66. The standard InChI is InChI=1S/C22H25F2N3O2/c1-2-27(22(29)25-13-10-11-16(23)17(24)12-13)19-9-5-8-18-20(19)14-6-3-4-7-15(14)21(28)26-18/h10-12,19H,2-9H2,1H3,(H,25,29)(H,26,28)/t19-/m0/s1. The summed E-state index contributed by atoms with van der Waals surface area (Å²) >= 11 is 0. The van der Waals surface area contributed by atoms with Crippen molar-refractivity contribution in [2.24, 2.45) is 0 Å². The summed E-state index contributed by atoms with van der Waals surface area (Å²) in [5.74, 6) is -1.95. The van der Waals surface area contributed by atoms with Crippen molar-refractivity contribution in [1.82, 2.24) is 9.88 Å². The number of hydrogen-bond donors (Lipinski definition) is 2. The minimum Gasteiger partial charge on any atom is -0.326 e. The third-order valence-electron chi connectivity index (χ3n) is 6.04. The molecule has 1 aromatic heterocycles. The van der Waals surface area contributed by atoms with E-state index >= 15 is 0 Å². The minimum absolute atomic E-state index is 0.00777. The summed E-state index contributed by atoms with van der Waals surface area (Å²) < 4.78 is 26.7. The average Bonchev–Trinajstić information content (AvgIpc) is 2.71. The van der Waals surface area contributed by atoms with Crippen molar-refractivity contribution in [3.63, 3.8) is 0 Å². The Labute approximate surface area is 168 Å². The lowest BCUT2D eigenvalue weighted by molar-refractivity contribution is 0.183. The van der Waals surface area contributed by atoms with Crippen LogP contribution in [-0.4, -0.2) is 22.5 Å². The summed E-state index contributed by atoms with van der Waals surface area (Å²) in [6.07, 6.45) is 6.18. The van der Waals surface area contributed by atoms with Gasteiger partial charge in [-0.15, -0.1) is 0 Å².